The third-order valence-corrected chi connectivity index (χ3v) is 5.03. The Morgan fingerprint density at radius 1 is 1.24 bits per heavy atom. The summed E-state index contributed by atoms with van der Waals surface area (Å²) in [5.41, 5.74) is 3.38. The summed E-state index contributed by atoms with van der Waals surface area (Å²) >= 11 is 3.49. The molecule has 0 radical (unpaired) electrons. The first-order valence-corrected chi connectivity index (χ1v) is 8.45. The van der Waals surface area contributed by atoms with Gasteiger partial charge in [0.2, 0.25) is 0 Å². The number of nitrogens with one attached hydrogen (secondary N) is 1. The molecule has 0 atom stereocenters. The Morgan fingerprint density at radius 2 is 2.00 bits per heavy atom. The third kappa shape index (κ3) is 3.63. The maximum absolute atomic E-state index is 13.1. The minimum Gasteiger partial charge on any atom is -0.320 e. The fraction of sp³-hybridized carbons (Fsp3) is 0.235. The van der Waals surface area contributed by atoms with Gasteiger partial charge in [-0.3, -0.25) is 9.48 Å². The molecule has 3 aromatic rings. The van der Waals surface area contributed by atoms with Crippen molar-refractivity contribution >= 4 is 27.5 Å². The average Bonchev–Trinajstić information content (AvgIpc) is 3.12. The van der Waals surface area contributed by atoms with Crippen LogP contribution in [0.25, 0.3) is 0 Å². The second kappa shape index (κ2) is 6.79. The largest absolute Gasteiger partial charge is 0.320 e. The Hall–Kier alpha value is -2.48. The van der Waals surface area contributed by atoms with Gasteiger partial charge >= 0.3 is 0 Å². The minimum absolute atomic E-state index is 0.282. The van der Waals surface area contributed by atoms with E-state index in [0.29, 0.717) is 17.9 Å². The van der Waals surface area contributed by atoms with E-state index >= 15 is 0 Å². The topological polar surface area (TPSA) is 64.7 Å². The van der Waals surface area contributed by atoms with Crippen molar-refractivity contribution in [3.05, 3.63) is 63.4 Å². The van der Waals surface area contributed by atoms with Gasteiger partial charge in [0.1, 0.15) is 12.5 Å². The van der Waals surface area contributed by atoms with E-state index in [1.807, 2.05) is 13.8 Å². The minimum atomic E-state index is -0.344. The van der Waals surface area contributed by atoms with E-state index in [1.165, 1.54) is 18.2 Å². The number of halogens is 2. The summed E-state index contributed by atoms with van der Waals surface area (Å²) in [6.07, 6.45) is 1.72. The summed E-state index contributed by atoms with van der Waals surface area (Å²) in [5, 5.41) is 11.4. The van der Waals surface area contributed by atoms with E-state index in [1.54, 1.807) is 28.6 Å². The Morgan fingerprint density at radius 3 is 2.64 bits per heavy atom. The van der Waals surface area contributed by atoms with Crippen LogP contribution in [0.3, 0.4) is 0 Å². The van der Waals surface area contributed by atoms with Crippen LogP contribution in [-0.4, -0.2) is 25.5 Å². The first-order valence-electron chi connectivity index (χ1n) is 7.65. The Labute approximate surface area is 152 Å². The van der Waals surface area contributed by atoms with E-state index in [2.05, 4.69) is 31.4 Å². The summed E-state index contributed by atoms with van der Waals surface area (Å²) in [5.74, 6) is -0.682. The van der Waals surface area contributed by atoms with Gasteiger partial charge in [0.25, 0.3) is 5.91 Å². The number of nitrogens with zero attached hydrogens (tertiary/aromatic N) is 4. The molecule has 130 valence electrons. The van der Waals surface area contributed by atoms with Crippen molar-refractivity contribution in [3.63, 3.8) is 0 Å². The quantitative estimate of drug-likeness (QED) is 0.719. The summed E-state index contributed by atoms with van der Waals surface area (Å²) in [6, 6.07) is 5.85. The predicted molar refractivity (Wildman–Crippen MR) is 96.1 cm³/mol. The molecular formula is C17H17BrFN5O. The number of aromatic nitrogens is 4. The monoisotopic (exact) mass is 405 g/mol. The van der Waals surface area contributed by atoms with Crippen LogP contribution in [0, 0.1) is 26.6 Å². The molecule has 2 heterocycles. The molecule has 3 rings (SSSR count). The number of hydrogen-bond acceptors (Lipinski definition) is 3. The Balaban J connectivity index is 1.74. The van der Waals surface area contributed by atoms with Gasteiger partial charge in [0.05, 0.1) is 15.9 Å². The highest BCUT2D eigenvalue weighted by molar-refractivity contribution is 9.10. The van der Waals surface area contributed by atoms with Gasteiger partial charge in [0, 0.05) is 11.9 Å². The van der Waals surface area contributed by atoms with Crippen LogP contribution in [0.5, 0.6) is 0 Å². The van der Waals surface area contributed by atoms with Crippen LogP contribution in [0.4, 0.5) is 10.1 Å². The van der Waals surface area contributed by atoms with Crippen LogP contribution in [0.2, 0.25) is 0 Å². The van der Waals surface area contributed by atoms with E-state index in [9.17, 15) is 9.18 Å². The van der Waals surface area contributed by atoms with Gasteiger partial charge in [-0.25, -0.2) is 9.07 Å². The van der Waals surface area contributed by atoms with Crippen molar-refractivity contribution in [2.24, 2.45) is 0 Å². The van der Waals surface area contributed by atoms with E-state index in [0.717, 1.165) is 15.9 Å². The van der Waals surface area contributed by atoms with Crippen molar-refractivity contribution in [1.29, 1.82) is 0 Å². The molecule has 1 N–H and O–H groups in total. The van der Waals surface area contributed by atoms with Crippen LogP contribution >= 0.6 is 15.9 Å². The van der Waals surface area contributed by atoms with Crippen molar-refractivity contribution in [1.82, 2.24) is 19.6 Å². The van der Waals surface area contributed by atoms with E-state index in [-0.39, 0.29) is 17.4 Å². The number of aryl methyl sites for hydroxylation is 2. The molecular weight excluding hydrogens is 389 g/mol. The zero-order valence-electron chi connectivity index (χ0n) is 14.0. The zero-order chi connectivity index (χ0) is 18.1. The van der Waals surface area contributed by atoms with Crippen molar-refractivity contribution in [2.45, 2.75) is 27.4 Å². The van der Waals surface area contributed by atoms with Crippen molar-refractivity contribution in [2.75, 3.05) is 5.32 Å². The molecule has 6 nitrogen and oxygen atoms in total. The first-order chi connectivity index (χ1) is 11.8. The fourth-order valence-electron chi connectivity index (χ4n) is 2.47. The molecule has 0 spiro atoms. The molecule has 1 amide bonds. The molecule has 8 heteroatoms. The van der Waals surface area contributed by atoms with Crippen LogP contribution in [0.1, 0.15) is 27.4 Å². The average molecular weight is 406 g/mol. The fourth-order valence-corrected chi connectivity index (χ4v) is 2.75. The number of amides is 1. The number of carbonyl (C=O) groups excluding carboxylic acids is 1. The Bertz CT molecular complexity index is 947. The molecule has 0 aliphatic carbocycles. The molecule has 0 bridgehead atoms. The smallest absolute Gasteiger partial charge is 0.276 e. The molecule has 0 saturated heterocycles. The Kier molecular flexibility index (Phi) is 4.71. The number of hydrogen-bond donors (Lipinski definition) is 1. The van der Waals surface area contributed by atoms with Gasteiger partial charge in [-0.05, 0) is 66.5 Å². The summed E-state index contributed by atoms with van der Waals surface area (Å²) in [6.45, 7) is 6.01. The van der Waals surface area contributed by atoms with Gasteiger partial charge in [-0.15, -0.1) is 0 Å². The van der Waals surface area contributed by atoms with Crippen LogP contribution in [0.15, 0.2) is 34.9 Å². The summed E-state index contributed by atoms with van der Waals surface area (Å²) in [4.78, 5) is 12.3. The normalized spacial score (nSPS) is 10.9. The molecule has 0 aliphatic heterocycles. The molecule has 0 saturated carbocycles. The molecule has 0 unspecified atom stereocenters. The van der Waals surface area contributed by atoms with Gasteiger partial charge in [0.15, 0.2) is 5.69 Å². The molecule has 0 fully saturated rings. The highest BCUT2D eigenvalue weighted by Gasteiger charge is 2.13. The molecule has 0 aliphatic rings. The predicted octanol–water partition coefficient (Wildman–Crippen LogP) is 3.66. The lowest BCUT2D eigenvalue weighted by atomic mass is 10.2. The number of carbonyl (C=O) groups is 1. The van der Waals surface area contributed by atoms with Gasteiger partial charge in [-0.2, -0.15) is 10.2 Å². The lowest BCUT2D eigenvalue weighted by Gasteiger charge is -2.07. The van der Waals surface area contributed by atoms with Crippen molar-refractivity contribution < 1.29 is 9.18 Å². The van der Waals surface area contributed by atoms with E-state index in [4.69, 9.17) is 0 Å². The molecule has 1 aromatic carbocycles. The number of rotatable bonds is 4. The lowest BCUT2D eigenvalue weighted by molar-refractivity contribution is 0.102. The third-order valence-electron chi connectivity index (χ3n) is 3.88. The number of anilines is 1. The zero-order valence-corrected chi connectivity index (χ0v) is 15.6. The molecule has 2 aromatic heterocycles. The van der Waals surface area contributed by atoms with Gasteiger partial charge in [-0.1, -0.05) is 0 Å². The second-order valence-corrected chi connectivity index (χ2v) is 6.57. The summed E-state index contributed by atoms with van der Waals surface area (Å²) in [7, 11) is 0. The second-order valence-electron chi connectivity index (χ2n) is 5.78. The maximum atomic E-state index is 13.1. The maximum Gasteiger partial charge on any atom is 0.276 e. The van der Waals surface area contributed by atoms with Crippen LogP contribution < -0.4 is 5.32 Å². The number of benzene rings is 1. The lowest BCUT2D eigenvalue weighted by Crippen LogP contribution is -2.16. The van der Waals surface area contributed by atoms with Crippen molar-refractivity contribution in [3.8, 4) is 0 Å². The standard InChI is InChI=1S/C17H17BrFN5O/c1-10-8-13(19)4-5-14(10)20-17(25)15-6-7-23(22-15)9-24-12(3)16(18)11(2)21-24/h4-8H,9H2,1-3H3,(H,20,25). The van der Waals surface area contributed by atoms with E-state index < -0.39 is 0 Å². The first kappa shape index (κ1) is 17.3. The van der Waals surface area contributed by atoms with Crippen LogP contribution in [-0.2, 0) is 6.67 Å². The highest BCUT2D eigenvalue weighted by atomic mass is 79.9. The highest BCUT2D eigenvalue weighted by Crippen LogP contribution is 2.20. The molecule has 25 heavy (non-hydrogen) atoms. The SMILES string of the molecule is Cc1cc(F)ccc1NC(=O)c1ccn(Cn2nc(C)c(Br)c2C)n1. The summed E-state index contributed by atoms with van der Waals surface area (Å²) < 4.78 is 17.5. The van der Waals surface area contributed by atoms with Gasteiger partial charge < -0.3 is 5.32 Å².